The summed E-state index contributed by atoms with van der Waals surface area (Å²) in [5.41, 5.74) is 0.558. The van der Waals surface area contributed by atoms with E-state index in [0.717, 1.165) is 30.5 Å². The van der Waals surface area contributed by atoms with Crippen LogP contribution >= 0.6 is 0 Å². The summed E-state index contributed by atoms with van der Waals surface area (Å²) < 4.78 is 59.7. The molecule has 3 aromatic rings. The van der Waals surface area contributed by atoms with Crippen molar-refractivity contribution in [1.29, 1.82) is 0 Å². The van der Waals surface area contributed by atoms with Gasteiger partial charge in [-0.2, -0.15) is 13.2 Å². The summed E-state index contributed by atoms with van der Waals surface area (Å²) in [6.45, 7) is 1.55. The highest BCUT2D eigenvalue weighted by atomic mass is 19.4. The Bertz CT molecular complexity index is 1030. The van der Waals surface area contributed by atoms with Gasteiger partial charge in [-0.1, -0.05) is 54.6 Å². The van der Waals surface area contributed by atoms with Crippen LogP contribution in [0.2, 0.25) is 0 Å². The molecule has 162 valence electrons. The number of rotatable bonds is 8. The molecule has 0 bridgehead atoms. The van der Waals surface area contributed by atoms with Crippen LogP contribution in [0, 0.1) is 5.82 Å². The van der Waals surface area contributed by atoms with Crippen molar-refractivity contribution in [2.75, 3.05) is 6.61 Å². The van der Waals surface area contributed by atoms with Gasteiger partial charge in [-0.25, -0.2) is 4.39 Å². The molecule has 0 aliphatic carbocycles. The molecule has 0 aliphatic heterocycles. The quantitative estimate of drug-likeness (QED) is 0.303. The Morgan fingerprint density at radius 1 is 0.839 bits per heavy atom. The van der Waals surface area contributed by atoms with Gasteiger partial charge in [0.15, 0.2) is 17.3 Å². The van der Waals surface area contributed by atoms with E-state index in [0.29, 0.717) is 5.56 Å². The smallest absolute Gasteiger partial charge is 0.420 e. The van der Waals surface area contributed by atoms with E-state index in [1.54, 1.807) is 12.1 Å². The van der Waals surface area contributed by atoms with E-state index in [4.69, 9.17) is 4.74 Å². The summed E-state index contributed by atoms with van der Waals surface area (Å²) in [5.74, 6) is -2.88. The van der Waals surface area contributed by atoms with Gasteiger partial charge in [0.2, 0.25) is 0 Å². The van der Waals surface area contributed by atoms with Crippen molar-refractivity contribution in [2.24, 2.45) is 0 Å². The third-order valence-electron chi connectivity index (χ3n) is 4.92. The summed E-state index contributed by atoms with van der Waals surface area (Å²) in [5, 5.41) is 0. The molecule has 0 spiro atoms. The molecule has 0 aromatic heterocycles. The minimum atomic E-state index is -5.01. The molecule has 0 amide bonds. The average molecular weight is 430 g/mol. The monoisotopic (exact) mass is 430 g/mol. The minimum absolute atomic E-state index is 0.0120. The maximum absolute atomic E-state index is 14.4. The lowest BCUT2D eigenvalue weighted by molar-refractivity contribution is -0.140. The maximum atomic E-state index is 14.4. The summed E-state index contributed by atoms with van der Waals surface area (Å²) in [4.78, 5) is 12.6. The normalized spacial score (nSPS) is 11.4. The van der Waals surface area contributed by atoms with Crippen molar-refractivity contribution in [3.05, 3.63) is 100 Å². The third-order valence-corrected chi connectivity index (χ3v) is 4.92. The molecule has 3 rings (SSSR count). The molecule has 0 heterocycles. The Balaban J connectivity index is 1.74. The number of ether oxygens (including phenoxy) is 1. The standard InChI is InChI=1S/C25H22F4O2/c1-2-31-22-15-14-20(23(24(22)26)25(27,28)29)21(30)16-19-12-10-18(11-13-19)9-8-17-6-4-3-5-7-17/h3-7,10-15H,2,8-9,16H2,1H3. The fraction of sp³-hybridized carbons (Fsp3) is 0.240. The average Bonchev–Trinajstić information content (AvgIpc) is 2.74. The number of Topliss-reactive ketones (excluding diaryl/α,β-unsaturated/α-hetero) is 1. The summed E-state index contributed by atoms with van der Waals surface area (Å²) in [6, 6.07) is 19.2. The number of halogens is 4. The largest absolute Gasteiger partial charge is 0.491 e. The highest BCUT2D eigenvalue weighted by Gasteiger charge is 2.40. The van der Waals surface area contributed by atoms with Gasteiger partial charge in [0, 0.05) is 12.0 Å². The fourth-order valence-electron chi connectivity index (χ4n) is 3.37. The first-order valence-electron chi connectivity index (χ1n) is 9.97. The van der Waals surface area contributed by atoms with E-state index >= 15 is 0 Å². The molecular formula is C25H22F4O2. The first-order valence-corrected chi connectivity index (χ1v) is 9.97. The minimum Gasteiger partial charge on any atom is -0.491 e. The van der Waals surface area contributed by atoms with Crippen LogP contribution in [0.5, 0.6) is 5.75 Å². The predicted molar refractivity (Wildman–Crippen MR) is 111 cm³/mol. The van der Waals surface area contributed by atoms with Gasteiger partial charge in [0.1, 0.15) is 5.56 Å². The molecule has 6 heteroatoms. The Morgan fingerprint density at radius 2 is 1.42 bits per heavy atom. The first-order chi connectivity index (χ1) is 14.8. The van der Waals surface area contributed by atoms with Crippen molar-refractivity contribution in [3.63, 3.8) is 0 Å². The number of alkyl halides is 3. The van der Waals surface area contributed by atoms with Gasteiger partial charge in [-0.05, 0) is 48.6 Å². The number of benzene rings is 3. The number of hydrogen-bond acceptors (Lipinski definition) is 2. The van der Waals surface area contributed by atoms with Crippen LogP contribution in [0.3, 0.4) is 0 Å². The van der Waals surface area contributed by atoms with Crippen LogP contribution in [0.1, 0.15) is 39.5 Å². The topological polar surface area (TPSA) is 26.3 Å². The van der Waals surface area contributed by atoms with E-state index in [1.165, 1.54) is 12.5 Å². The van der Waals surface area contributed by atoms with E-state index in [2.05, 4.69) is 0 Å². The van der Waals surface area contributed by atoms with Gasteiger partial charge < -0.3 is 4.74 Å². The van der Waals surface area contributed by atoms with Crippen molar-refractivity contribution in [3.8, 4) is 5.75 Å². The van der Waals surface area contributed by atoms with Crippen LogP contribution < -0.4 is 4.74 Å². The molecule has 0 unspecified atom stereocenters. The van der Waals surface area contributed by atoms with Crippen LogP contribution in [-0.4, -0.2) is 12.4 Å². The molecule has 0 N–H and O–H groups in total. The Labute approximate surface area is 178 Å². The van der Waals surface area contributed by atoms with E-state index < -0.39 is 34.7 Å². The number of carbonyl (C=O) groups excluding carboxylic acids is 1. The van der Waals surface area contributed by atoms with Crippen LogP contribution in [-0.2, 0) is 25.4 Å². The van der Waals surface area contributed by atoms with Gasteiger partial charge in [0.25, 0.3) is 0 Å². The zero-order valence-electron chi connectivity index (χ0n) is 17.0. The molecule has 0 aliphatic rings. The second-order valence-electron chi connectivity index (χ2n) is 7.13. The van der Waals surface area contributed by atoms with E-state index in [-0.39, 0.29) is 13.0 Å². The molecule has 0 saturated heterocycles. The Morgan fingerprint density at radius 3 is 2.00 bits per heavy atom. The van der Waals surface area contributed by atoms with Gasteiger partial charge in [0.05, 0.1) is 6.61 Å². The number of hydrogen-bond donors (Lipinski definition) is 0. The highest BCUT2D eigenvalue weighted by molar-refractivity contribution is 5.99. The lowest BCUT2D eigenvalue weighted by atomic mass is 9.96. The molecule has 0 fully saturated rings. The first kappa shape index (κ1) is 22.5. The number of carbonyl (C=O) groups is 1. The Hall–Kier alpha value is -3.15. The van der Waals surface area contributed by atoms with Crippen molar-refractivity contribution in [1.82, 2.24) is 0 Å². The molecule has 3 aromatic carbocycles. The molecule has 2 nitrogen and oxygen atoms in total. The van der Waals surface area contributed by atoms with Crippen molar-refractivity contribution < 1.29 is 27.1 Å². The summed E-state index contributed by atoms with van der Waals surface area (Å²) in [6.07, 6.45) is -3.60. The lowest BCUT2D eigenvalue weighted by Gasteiger charge is -2.16. The van der Waals surface area contributed by atoms with Crippen LogP contribution in [0.15, 0.2) is 66.7 Å². The third kappa shape index (κ3) is 5.72. The fourth-order valence-corrected chi connectivity index (χ4v) is 3.37. The summed E-state index contributed by atoms with van der Waals surface area (Å²) >= 11 is 0. The van der Waals surface area contributed by atoms with Gasteiger partial charge in [-0.3, -0.25) is 4.79 Å². The molecular weight excluding hydrogens is 408 g/mol. The maximum Gasteiger partial charge on any atom is 0.420 e. The predicted octanol–water partition coefficient (Wildman–Crippen LogP) is 6.45. The van der Waals surface area contributed by atoms with Crippen LogP contribution in [0.25, 0.3) is 0 Å². The number of ketones is 1. The highest BCUT2D eigenvalue weighted by Crippen LogP contribution is 2.38. The van der Waals surface area contributed by atoms with Crippen molar-refractivity contribution in [2.45, 2.75) is 32.4 Å². The lowest BCUT2D eigenvalue weighted by Crippen LogP contribution is -2.18. The van der Waals surface area contributed by atoms with E-state index in [1.807, 2.05) is 42.5 Å². The van der Waals surface area contributed by atoms with Crippen molar-refractivity contribution >= 4 is 5.78 Å². The molecule has 0 radical (unpaired) electrons. The Kier molecular flexibility index (Phi) is 7.10. The molecule has 0 saturated carbocycles. The second kappa shape index (κ2) is 9.77. The second-order valence-corrected chi connectivity index (χ2v) is 7.13. The van der Waals surface area contributed by atoms with Crippen LogP contribution in [0.4, 0.5) is 17.6 Å². The van der Waals surface area contributed by atoms with E-state index in [9.17, 15) is 22.4 Å². The SMILES string of the molecule is CCOc1ccc(C(=O)Cc2ccc(CCc3ccccc3)cc2)c(C(F)(F)F)c1F. The zero-order valence-corrected chi connectivity index (χ0v) is 17.0. The molecule has 31 heavy (non-hydrogen) atoms. The molecule has 0 atom stereocenters. The van der Waals surface area contributed by atoms with Gasteiger partial charge >= 0.3 is 6.18 Å². The summed E-state index contributed by atoms with van der Waals surface area (Å²) in [7, 11) is 0. The zero-order chi connectivity index (χ0) is 22.4. The number of aryl methyl sites for hydroxylation is 2. The van der Waals surface area contributed by atoms with Gasteiger partial charge in [-0.15, -0.1) is 0 Å².